The van der Waals surface area contributed by atoms with Crippen LogP contribution < -0.4 is 5.73 Å². The minimum Gasteiger partial charge on any atom is -0.368 e. The van der Waals surface area contributed by atoms with Gasteiger partial charge in [0.05, 0.1) is 28.6 Å². The fraction of sp³-hybridized carbons (Fsp3) is 0.375. The van der Waals surface area contributed by atoms with Crippen molar-refractivity contribution < 1.29 is 0 Å². The van der Waals surface area contributed by atoms with Crippen LogP contribution in [-0.4, -0.2) is 29.4 Å². The number of nitrogens with two attached hydrogens (primary N) is 1. The van der Waals surface area contributed by atoms with Crippen LogP contribution >= 0.6 is 0 Å². The Morgan fingerprint density at radius 3 is 2.78 bits per heavy atom. The van der Waals surface area contributed by atoms with Gasteiger partial charge in [0.15, 0.2) is 11.5 Å². The second-order valence-corrected chi connectivity index (χ2v) is 8.39. The Morgan fingerprint density at radius 1 is 1.16 bits per heavy atom. The topological polar surface area (TPSA) is 111 Å². The predicted molar refractivity (Wildman–Crippen MR) is 123 cm³/mol. The third-order valence-electron chi connectivity index (χ3n) is 6.29. The monoisotopic (exact) mass is 426 g/mol. The fourth-order valence-electron chi connectivity index (χ4n) is 4.71. The van der Waals surface area contributed by atoms with Crippen molar-refractivity contribution in [3.8, 4) is 28.6 Å². The Bertz CT molecular complexity index is 1300. The van der Waals surface area contributed by atoms with Crippen molar-refractivity contribution in [3.05, 3.63) is 47.9 Å². The lowest BCUT2D eigenvalue weighted by Gasteiger charge is -2.19. The molecule has 162 valence electrons. The molecule has 0 saturated heterocycles. The summed E-state index contributed by atoms with van der Waals surface area (Å²) in [6.45, 7) is 2.76. The predicted octanol–water partition coefficient (Wildman–Crippen LogP) is 4.25. The first kappa shape index (κ1) is 20.2. The van der Waals surface area contributed by atoms with Gasteiger partial charge >= 0.3 is 0 Å². The quantitative estimate of drug-likeness (QED) is 0.511. The molecule has 0 bridgehead atoms. The number of hydrogen-bond donors (Lipinski definition) is 1. The average molecular weight is 427 g/mol. The van der Waals surface area contributed by atoms with Crippen molar-refractivity contribution in [2.24, 2.45) is 5.92 Å². The molecule has 5 rings (SSSR count). The molecule has 3 aromatic heterocycles. The van der Waals surface area contributed by atoms with Gasteiger partial charge in [-0.25, -0.2) is 9.97 Å². The number of nitriles is 1. The van der Waals surface area contributed by atoms with E-state index in [0.29, 0.717) is 29.4 Å². The summed E-state index contributed by atoms with van der Waals surface area (Å²) in [4.78, 5) is 9.68. The molecule has 1 aromatic carbocycles. The lowest BCUT2D eigenvalue weighted by atomic mass is 9.87. The summed E-state index contributed by atoms with van der Waals surface area (Å²) in [6.07, 6.45) is 8.97. The van der Waals surface area contributed by atoms with Crippen molar-refractivity contribution in [1.82, 2.24) is 29.4 Å². The molecule has 0 spiro atoms. The number of aryl methyl sites for hydroxylation is 1. The van der Waals surface area contributed by atoms with E-state index >= 15 is 0 Å². The summed E-state index contributed by atoms with van der Waals surface area (Å²) in [7, 11) is 0. The SMILES string of the molecule is CCn1nccc1-c1c(-c2cccc(C#N)c2)nc(N)n2nc(CC3CCCCC3)nc12. The van der Waals surface area contributed by atoms with E-state index in [1.807, 2.05) is 35.9 Å². The van der Waals surface area contributed by atoms with Crippen molar-refractivity contribution in [2.45, 2.75) is 52.0 Å². The van der Waals surface area contributed by atoms with Gasteiger partial charge in [0.1, 0.15) is 0 Å². The van der Waals surface area contributed by atoms with Crippen molar-refractivity contribution in [1.29, 1.82) is 5.26 Å². The highest BCUT2D eigenvalue weighted by molar-refractivity contribution is 5.89. The summed E-state index contributed by atoms with van der Waals surface area (Å²) < 4.78 is 3.57. The maximum atomic E-state index is 9.39. The summed E-state index contributed by atoms with van der Waals surface area (Å²) in [5.41, 5.74) is 10.8. The van der Waals surface area contributed by atoms with Crippen LogP contribution in [0.25, 0.3) is 28.2 Å². The summed E-state index contributed by atoms with van der Waals surface area (Å²) >= 11 is 0. The maximum absolute atomic E-state index is 9.39. The Hall–Kier alpha value is -3.73. The minimum absolute atomic E-state index is 0.283. The zero-order valence-electron chi connectivity index (χ0n) is 18.2. The highest BCUT2D eigenvalue weighted by atomic mass is 15.4. The second-order valence-electron chi connectivity index (χ2n) is 8.39. The molecule has 8 heteroatoms. The molecule has 0 atom stereocenters. The molecule has 0 radical (unpaired) electrons. The van der Waals surface area contributed by atoms with Gasteiger partial charge in [-0.1, -0.05) is 44.2 Å². The standard InChI is InChI=1S/C24H26N8/c1-2-31-19(11-12-27-31)21-22(18-10-6-9-17(13-18)15-25)29-24(26)32-23(21)28-20(30-32)14-16-7-4-3-5-8-16/h6,9-13,16H,2-5,7-8,14H2,1H3,(H2,26,29). The first-order chi connectivity index (χ1) is 15.7. The normalized spacial score (nSPS) is 14.6. The summed E-state index contributed by atoms with van der Waals surface area (Å²) in [5, 5.41) is 18.6. The number of anilines is 1. The first-order valence-corrected chi connectivity index (χ1v) is 11.3. The number of rotatable bonds is 5. The average Bonchev–Trinajstić information content (AvgIpc) is 3.47. The molecule has 1 saturated carbocycles. The molecule has 2 N–H and O–H groups in total. The zero-order valence-corrected chi connectivity index (χ0v) is 18.2. The molecule has 1 aliphatic carbocycles. The van der Waals surface area contributed by atoms with Crippen molar-refractivity contribution in [2.75, 3.05) is 5.73 Å². The van der Waals surface area contributed by atoms with E-state index in [1.54, 1.807) is 16.8 Å². The van der Waals surface area contributed by atoms with Crippen LogP contribution in [0.15, 0.2) is 36.5 Å². The zero-order chi connectivity index (χ0) is 22.1. The number of benzene rings is 1. The van der Waals surface area contributed by atoms with E-state index in [1.165, 1.54) is 32.1 Å². The summed E-state index contributed by atoms with van der Waals surface area (Å²) in [5.74, 6) is 1.70. The summed E-state index contributed by atoms with van der Waals surface area (Å²) in [6, 6.07) is 11.6. The van der Waals surface area contributed by atoms with E-state index in [-0.39, 0.29) is 5.95 Å². The lowest BCUT2D eigenvalue weighted by Crippen LogP contribution is -2.10. The van der Waals surface area contributed by atoms with Crippen molar-refractivity contribution in [3.63, 3.8) is 0 Å². The molecule has 32 heavy (non-hydrogen) atoms. The molecule has 0 amide bonds. The van der Waals surface area contributed by atoms with E-state index in [4.69, 9.17) is 20.8 Å². The molecule has 3 heterocycles. The largest absolute Gasteiger partial charge is 0.368 e. The molecule has 1 aliphatic rings. The third-order valence-corrected chi connectivity index (χ3v) is 6.29. The van der Waals surface area contributed by atoms with Crippen molar-refractivity contribution >= 4 is 11.6 Å². The minimum atomic E-state index is 0.283. The smallest absolute Gasteiger partial charge is 0.223 e. The van der Waals surface area contributed by atoms with Crippen LogP contribution in [0, 0.1) is 17.2 Å². The molecule has 0 aliphatic heterocycles. The van der Waals surface area contributed by atoms with Gasteiger partial charge in [-0.15, -0.1) is 5.10 Å². The van der Waals surface area contributed by atoms with Gasteiger partial charge in [-0.05, 0) is 31.0 Å². The van der Waals surface area contributed by atoms with Crippen LogP contribution in [0.3, 0.4) is 0 Å². The van der Waals surface area contributed by atoms with Gasteiger partial charge < -0.3 is 5.73 Å². The highest BCUT2D eigenvalue weighted by Gasteiger charge is 2.24. The van der Waals surface area contributed by atoms with Gasteiger partial charge in [0.2, 0.25) is 5.95 Å². The highest BCUT2D eigenvalue weighted by Crippen LogP contribution is 2.35. The molecule has 0 unspecified atom stereocenters. The number of fused-ring (bicyclic) bond motifs is 1. The van der Waals surface area contributed by atoms with Crippen LogP contribution in [0.5, 0.6) is 0 Å². The van der Waals surface area contributed by atoms with Crippen LogP contribution in [0.1, 0.15) is 50.4 Å². The maximum Gasteiger partial charge on any atom is 0.223 e. The number of hydrogen-bond acceptors (Lipinski definition) is 6. The Balaban J connectivity index is 1.72. The number of aromatic nitrogens is 6. The Morgan fingerprint density at radius 2 is 2.00 bits per heavy atom. The van der Waals surface area contributed by atoms with Crippen LogP contribution in [0.2, 0.25) is 0 Å². The molecule has 4 aromatic rings. The molecule has 8 nitrogen and oxygen atoms in total. The lowest BCUT2D eigenvalue weighted by molar-refractivity contribution is 0.351. The third kappa shape index (κ3) is 3.60. The van der Waals surface area contributed by atoms with Gasteiger partial charge in [0, 0.05) is 24.7 Å². The van der Waals surface area contributed by atoms with Gasteiger partial charge in [0.25, 0.3) is 0 Å². The number of nitrogens with zero attached hydrogens (tertiary/aromatic N) is 7. The van der Waals surface area contributed by atoms with Gasteiger partial charge in [-0.2, -0.15) is 14.9 Å². The van der Waals surface area contributed by atoms with Crippen LogP contribution in [-0.2, 0) is 13.0 Å². The van der Waals surface area contributed by atoms with Crippen LogP contribution in [0.4, 0.5) is 5.95 Å². The Labute approximate surface area is 186 Å². The van der Waals surface area contributed by atoms with E-state index in [2.05, 4.69) is 11.2 Å². The fourth-order valence-corrected chi connectivity index (χ4v) is 4.71. The molecular formula is C24H26N8. The van der Waals surface area contributed by atoms with E-state index in [9.17, 15) is 5.26 Å². The first-order valence-electron chi connectivity index (χ1n) is 11.3. The number of nitrogen functional groups attached to an aromatic ring is 1. The molecular weight excluding hydrogens is 400 g/mol. The van der Waals surface area contributed by atoms with E-state index < -0.39 is 0 Å². The van der Waals surface area contributed by atoms with Gasteiger partial charge in [-0.3, -0.25) is 4.68 Å². The molecule has 1 fully saturated rings. The Kier molecular flexibility index (Phi) is 5.31. The second kappa shape index (κ2) is 8.42. The van der Waals surface area contributed by atoms with E-state index in [0.717, 1.165) is 29.1 Å².